The van der Waals surface area contributed by atoms with E-state index in [1.165, 1.54) is 0 Å². The summed E-state index contributed by atoms with van der Waals surface area (Å²) in [7, 11) is 2.02. The zero-order valence-electron chi connectivity index (χ0n) is 6.28. The van der Waals surface area contributed by atoms with Crippen LogP contribution in [0.15, 0.2) is 18.7 Å². The van der Waals surface area contributed by atoms with Crippen LogP contribution in [-0.2, 0) is 0 Å². The van der Waals surface area contributed by atoms with Gasteiger partial charge in [0.05, 0.1) is 0 Å². The zero-order valence-corrected chi connectivity index (χ0v) is 6.28. The predicted molar refractivity (Wildman–Crippen MR) is 40.5 cm³/mol. The van der Waals surface area contributed by atoms with Crippen molar-refractivity contribution in [2.45, 2.75) is 6.92 Å². The van der Waals surface area contributed by atoms with Crippen molar-refractivity contribution in [1.82, 2.24) is 9.66 Å². The number of hydrogen-bond donors (Lipinski definition) is 0. The van der Waals surface area contributed by atoms with E-state index in [0.717, 1.165) is 6.54 Å². The van der Waals surface area contributed by atoms with Gasteiger partial charge < -0.3 is 10.5 Å². The van der Waals surface area contributed by atoms with Crippen LogP contribution in [0.5, 0.6) is 0 Å². The van der Waals surface area contributed by atoms with Crippen LogP contribution in [-0.4, -0.2) is 28.7 Å². The Morgan fingerprint density at radius 2 is 2.30 bits per heavy atom. The third-order valence-electron chi connectivity index (χ3n) is 1.34. The Morgan fingerprint density at radius 1 is 1.60 bits per heavy atom. The van der Waals surface area contributed by atoms with Gasteiger partial charge in [-0.1, -0.05) is 0 Å². The maximum absolute atomic E-state index is 3.91. The first-order chi connectivity index (χ1) is 4.34. The van der Waals surface area contributed by atoms with Crippen molar-refractivity contribution in [2.75, 3.05) is 18.6 Å². The highest BCUT2D eigenvalue weighted by atomic mass is 16.0. The van der Waals surface area contributed by atoms with Crippen molar-refractivity contribution in [3.8, 4) is 0 Å². The van der Waals surface area contributed by atoms with Crippen molar-refractivity contribution in [1.29, 1.82) is 0 Å². The van der Waals surface area contributed by atoms with Gasteiger partial charge in [-0.3, -0.25) is 4.68 Å². The van der Waals surface area contributed by atoms with E-state index in [4.69, 9.17) is 0 Å². The SMILES string of the molecule is CCN(C)n1ccnc1.O. The van der Waals surface area contributed by atoms with Crippen LogP contribution in [0.1, 0.15) is 6.92 Å². The minimum Gasteiger partial charge on any atom is -0.412 e. The average molecular weight is 143 g/mol. The first-order valence-electron chi connectivity index (χ1n) is 3.04. The monoisotopic (exact) mass is 143 g/mol. The zero-order chi connectivity index (χ0) is 6.69. The number of nitrogens with zero attached hydrogens (tertiary/aromatic N) is 3. The van der Waals surface area contributed by atoms with Crippen LogP contribution in [0.2, 0.25) is 0 Å². The summed E-state index contributed by atoms with van der Waals surface area (Å²) in [6, 6.07) is 0. The molecule has 0 saturated carbocycles. The molecular formula is C6H13N3O. The summed E-state index contributed by atoms with van der Waals surface area (Å²) < 4.78 is 1.94. The normalized spacial score (nSPS) is 8.60. The molecule has 1 heterocycles. The molecule has 2 N–H and O–H groups in total. The van der Waals surface area contributed by atoms with E-state index in [-0.39, 0.29) is 5.48 Å². The largest absolute Gasteiger partial charge is 0.412 e. The van der Waals surface area contributed by atoms with Gasteiger partial charge in [0.2, 0.25) is 0 Å². The molecule has 0 unspecified atom stereocenters. The van der Waals surface area contributed by atoms with Crippen LogP contribution in [0.25, 0.3) is 0 Å². The van der Waals surface area contributed by atoms with Crippen LogP contribution >= 0.6 is 0 Å². The van der Waals surface area contributed by atoms with Gasteiger partial charge in [0.25, 0.3) is 0 Å². The van der Waals surface area contributed by atoms with E-state index in [2.05, 4.69) is 16.9 Å². The third-order valence-corrected chi connectivity index (χ3v) is 1.34. The second kappa shape index (κ2) is 3.90. The van der Waals surface area contributed by atoms with Crippen LogP contribution in [0, 0.1) is 0 Å². The molecule has 0 fully saturated rings. The van der Waals surface area contributed by atoms with Crippen molar-refractivity contribution in [2.24, 2.45) is 0 Å². The maximum atomic E-state index is 3.91. The summed E-state index contributed by atoms with van der Waals surface area (Å²) in [5.41, 5.74) is 0. The van der Waals surface area contributed by atoms with Crippen molar-refractivity contribution >= 4 is 0 Å². The third kappa shape index (κ3) is 1.73. The summed E-state index contributed by atoms with van der Waals surface area (Å²) in [6.07, 6.45) is 5.47. The minimum absolute atomic E-state index is 0. The van der Waals surface area contributed by atoms with Gasteiger partial charge in [-0.2, -0.15) is 0 Å². The quantitative estimate of drug-likeness (QED) is 0.568. The number of rotatable bonds is 2. The van der Waals surface area contributed by atoms with Crippen molar-refractivity contribution in [3.05, 3.63) is 18.7 Å². The molecule has 1 rings (SSSR count). The molecule has 0 aliphatic rings. The topological polar surface area (TPSA) is 52.6 Å². The predicted octanol–water partition coefficient (Wildman–Crippen LogP) is -0.354. The van der Waals surface area contributed by atoms with Gasteiger partial charge in [0, 0.05) is 26.0 Å². The van der Waals surface area contributed by atoms with E-state index in [1.807, 2.05) is 17.9 Å². The van der Waals surface area contributed by atoms with Gasteiger partial charge >= 0.3 is 0 Å². The molecule has 10 heavy (non-hydrogen) atoms. The van der Waals surface area contributed by atoms with E-state index in [9.17, 15) is 0 Å². The van der Waals surface area contributed by atoms with Crippen molar-refractivity contribution in [3.63, 3.8) is 0 Å². The lowest BCUT2D eigenvalue weighted by Crippen LogP contribution is -2.27. The molecule has 1 aromatic heterocycles. The standard InChI is InChI=1S/C6H11N3.H2O/c1-3-8(2)9-5-4-7-6-9;/h4-6H,3H2,1-2H3;1H2. The molecule has 0 aliphatic heterocycles. The highest BCUT2D eigenvalue weighted by molar-refractivity contribution is 4.83. The maximum Gasteiger partial charge on any atom is 0.114 e. The van der Waals surface area contributed by atoms with E-state index in [0.29, 0.717) is 0 Å². The van der Waals surface area contributed by atoms with E-state index < -0.39 is 0 Å². The van der Waals surface area contributed by atoms with Gasteiger partial charge in [-0.15, -0.1) is 0 Å². The Labute approximate surface area is 60.4 Å². The number of hydrogen-bond acceptors (Lipinski definition) is 2. The highest BCUT2D eigenvalue weighted by Crippen LogP contribution is 1.84. The average Bonchev–Trinajstić information content (AvgIpc) is 2.37. The van der Waals surface area contributed by atoms with Crippen LogP contribution < -0.4 is 5.01 Å². The fourth-order valence-corrected chi connectivity index (χ4v) is 0.617. The van der Waals surface area contributed by atoms with Crippen LogP contribution in [0.3, 0.4) is 0 Å². The van der Waals surface area contributed by atoms with Gasteiger partial charge in [-0.25, -0.2) is 4.98 Å². The second-order valence-electron chi connectivity index (χ2n) is 1.92. The molecule has 0 radical (unpaired) electrons. The molecule has 0 saturated heterocycles. The molecule has 0 aromatic carbocycles. The molecule has 1 aromatic rings. The Morgan fingerprint density at radius 3 is 2.70 bits per heavy atom. The Balaban J connectivity index is 0.000000810. The smallest absolute Gasteiger partial charge is 0.114 e. The lowest BCUT2D eigenvalue weighted by molar-refractivity contribution is 0.671. The lowest BCUT2D eigenvalue weighted by Gasteiger charge is -2.16. The number of imidazole rings is 1. The van der Waals surface area contributed by atoms with Gasteiger partial charge in [-0.05, 0) is 6.92 Å². The Hall–Kier alpha value is -1.03. The van der Waals surface area contributed by atoms with E-state index in [1.54, 1.807) is 12.5 Å². The minimum atomic E-state index is 0. The molecule has 0 amide bonds. The fourth-order valence-electron chi connectivity index (χ4n) is 0.617. The molecule has 0 spiro atoms. The summed E-state index contributed by atoms with van der Waals surface area (Å²) in [4.78, 5) is 3.91. The fraction of sp³-hybridized carbons (Fsp3) is 0.500. The second-order valence-corrected chi connectivity index (χ2v) is 1.92. The molecule has 0 bridgehead atoms. The lowest BCUT2D eigenvalue weighted by atomic mass is 10.7. The van der Waals surface area contributed by atoms with Gasteiger partial charge in [0.1, 0.15) is 6.33 Å². The van der Waals surface area contributed by atoms with Crippen LogP contribution in [0.4, 0.5) is 0 Å². The molecular weight excluding hydrogens is 130 g/mol. The number of aromatic nitrogens is 2. The first-order valence-corrected chi connectivity index (χ1v) is 3.04. The molecule has 4 nitrogen and oxygen atoms in total. The summed E-state index contributed by atoms with van der Waals surface area (Å²) in [5.74, 6) is 0. The Kier molecular flexibility index (Phi) is 3.49. The molecule has 4 heteroatoms. The summed E-state index contributed by atoms with van der Waals surface area (Å²) >= 11 is 0. The molecule has 0 aliphatic carbocycles. The Bertz CT molecular complexity index is 162. The van der Waals surface area contributed by atoms with Crippen molar-refractivity contribution < 1.29 is 5.48 Å². The first kappa shape index (κ1) is 8.97. The summed E-state index contributed by atoms with van der Waals surface area (Å²) in [6.45, 7) is 3.09. The highest BCUT2D eigenvalue weighted by Gasteiger charge is 1.90. The van der Waals surface area contributed by atoms with E-state index >= 15 is 0 Å². The molecule has 58 valence electrons. The summed E-state index contributed by atoms with van der Waals surface area (Å²) in [5, 5.41) is 2.06. The van der Waals surface area contributed by atoms with Gasteiger partial charge in [0.15, 0.2) is 0 Å². The molecule has 0 atom stereocenters.